The summed E-state index contributed by atoms with van der Waals surface area (Å²) in [6.45, 7) is 9.72. The molecule has 0 aliphatic carbocycles. The predicted octanol–water partition coefficient (Wildman–Crippen LogP) is 5.73. The van der Waals surface area contributed by atoms with Crippen molar-refractivity contribution in [3.63, 3.8) is 0 Å². The third-order valence-corrected chi connectivity index (χ3v) is 11.8. The minimum absolute atomic E-state index is 0.0214. The Morgan fingerprint density at radius 2 is 1.34 bits per heavy atom. The standard InChI is InChI=1S/C28H32BrNOSi/c1-28(2,3)32(26-15-9-5-10-16-26,27-17-11-6-12-18-27)31-25-19-24(29)21-30(22-25)20-23-13-7-4-8-14-23/h4-19,25H,20-22H2,1-3H3. The van der Waals surface area contributed by atoms with Crippen LogP contribution in [0.25, 0.3) is 0 Å². The number of halogens is 1. The number of hydrogen-bond acceptors (Lipinski definition) is 2. The Balaban J connectivity index is 1.72. The molecule has 0 bridgehead atoms. The van der Waals surface area contributed by atoms with Gasteiger partial charge in [0.2, 0.25) is 0 Å². The van der Waals surface area contributed by atoms with Gasteiger partial charge in [0.1, 0.15) is 0 Å². The molecule has 0 saturated carbocycles. The first-order valence-electron chi connectivity index (χ1n) is 11.3. The van der Waals surface area contributed by atoms with Crippen LogP contribution in [0.15, 0.2) is 102 Å². The highest BCUT2D eigenvalue weighted by molar-refractivity contribution is 9.11. The fourth-order valence-corrected chi connectivity index (χ4v) is 10.1. The van der Waals surface area contributed by atoms with Gasteiger partial charge in [-0.15, -0.1) is 0 Å². The average Bonchev–Trinajstić information content (AvgIpc) is 2.78. The predicted molar refractivity (Wildman–Crippen MR) is 141 cm³/mol. The van der Waals surface area contributed by atoms with Crippen LogP contribution in [0, 0.1) is 0 Å². The molecule has 0 fully saturated rings. The second-order valence-corrected chi connectivity index (χ2v) is 14.9. The van der Waals surface area contributed by atoms with Crippen LogP contribution in [0.4, 0.5) is 0 Å². The van der Waals surface area contributed by atoms with E-state index in [1.807, 2.05) is 0 Å². The first-order chi connectivity index (χ1) is 15.4. The van der Waals surface area contributed by atoms with E-state index in [2.05, 4.69) is 139 Å². The molecule has 0 spiro atoms. The molecule has 3 aromatic rings. The maximum Gasteiger partial charge on any atom is 0.261 e. The Kier molecular flexibility index (Phi) is 7.16. The molecule has 166 valence electrons. The summed E-state index contributed by atoms with van der Waals surface area (Å²) in [7, 11) is -2.58. The van der Waals surface area contributed by atoms with Crippen LogP contribution in [0.1, 0.15) is 26.3 Å². The van der Waals surface area contributed by atoms with E-state index in [0.717, 1.165) is 19.6 Å². The molecule has 1 aliphatic rings. The van der Waals surface area contributed by atoms with E-state index in [9.17, 15) is 0 Å². The molecule has 0 N–H and O–H groups in total. The number of rotatable bonds is 6. The highest BCUT2D eigenvalue weighted by Gasteiger charge is 2.51. The van der Waals surface area contributed by atoms with Crippen molar-refractivity contribution in [2.75, 3.05) is 13.1 Å². The monoisotopic (exact) mass is 505 g/mol. The van der Waals surface area contributed by atoms with Gasteiger partial charge in [-0.25, -0.2) is 0 Å². The van der Waals surface area contributed by atoms with Crippen molar-refractivity contribution in [2.45, 2.75) is 38.5 Å². The van der Waals surface area contributed by atoms with Gasteiger partial charge in [0.25, 0.3) is 8.32 Å². The summed E-state index contributed by atoms with van der Waals surface area (Å²) < 4.78 is 8.54. The quantitative estimate of drug-likeness (QED) is 0.396. The van der Waals surface area contributed by atoms with Crippen LogP contribution in [-0.4, -0.2) is 32.4 Å². The highest BCUT2D eigenvalue weighted by atomic mass is 79.9. The van der Waals surface area contributed by atoms with Crippen molar-refractivity contribution in [3.05, 3.63) is 107 Å². The Morgan fingerprint density at radius 3 is 1.84 bits per heavy atom. The molecule has 0 saturated heterocycles. The molecule has 1 unspecified atom stereocenters. The lowest BCUT2D eigenvalue weighted by Crippen LogP contribution is -2.68. The van der Waals surface area contributed by atoms with Crippen LogP contribution in [-0.2, 0) is 11.0 Å². The summed E-state index contributed by atoms with van der Waals surface area (Å²) in [5, 5.41) is 2.62. The maximum atomic E-state index is 7.34. The van der Waals surface area contributed by atoms with E-state index in [4.69, 9.17) is 4.43 Å². The topological polar surface area (TPSA) is 12.5 Å². The minimum atomic E-state index is -2.58. The van der Waals surface area contributed by atoms with Gasteiger partial charge in [-0.05, 0) is 27.1 Å². The summed E-state index contributed by atoms with van der Waals surface area (Å²) in [5.41, 5.74) is 1.33. The summed E-state index contributed by atoms with van der Waals surface area (Å²) in [5.74, 6) is 0. The molecule has 0 radical (unpaired) electrons. The Morgan fingerprint density at radius 1 is 0.844 bits per heavy atom. The molecule has 32 heavy (non-hydrogen) atoms. The van der Waals surface area contributed by atoms with Gasteiger partial charge >= 0.3 is 0 Å². The van der Waals surface area contributed by atoms with Gasteiger partial charge in [0, 0.05) is 24.1 Å². The summed E-state index contributed by atoms with van der Waals surface area (Å²) in [4.78, 5) is 2.47. The van der Waals surface area contributed by atoms with Crippen LogP contribution in [0.2, 0.25) is 5.04 Å². The average molecular weight is 507 g/mol. The Hall–Kier alpha value is -1.98. The fraction of sp³-hybridized carbons (Fsp3) is 0.286. The normalized spacial score (nSPS) is 17.8. The Bertz CT molecular complexity index is 992. The molecule has 4 heteroatoms. The van der Waals surface area contributed by atoms with E-state index in [0.29, 0.717) is 0 Å². The van der Waals surface area contributed by atoms with Crippen molar-refractivity contribution >= 4 is 34.6 Å². The molecule has 1 aliphatic heterocycles. The molecule has 0 amide bonds. The van der Waals surface area contributed by atoms with Crippen LogP contribution < -0.4 is 10.4 Å². The van der Waals surface area contributed by atoms with Gasteiger partial charge in [-0.3, -0.25) is 4.90 Å². The van der Waals surface area contributed by atoms with Gasteiger partial charge < -0.3 is 4.43 Å². The minimum Gasteiger partial charge on any atom is -0.400 e. The molecule has 1 atom stereocenters. The van der Waals surface area contributed by atoms with E-state index >= 15 is 0 Å². The molecular formula is C28H32BrNOSi. The van der Waals surface area contributed by atoms with Crippen molar-refractivity contribution in [2.24, 2.45) is 0 Å². The zero-order chi connectivity index (χ0) is 22.6. The van der Waals surface area contributed by atoms with E-state index in [1.165, 1.54) is 20.4 Å². The Labute approximate surface area is 202 Å². The molecule has 0 aromatic heterocycles. The fourth-order valence-electron chi connectivity index (χ4n) is 4.79. The SMILES string of the molecule is CC(C)(C)[Si](OC1C=C(Br)CN(Cc2ccccc2)C1)(c1ccccc1)c1ccccc1. The second-order valence-electron chi connectivity index (χ2n) is 9.59. The van der Waals surface area contributed by atoms with Crippen LogP contribution in [0.5, 0.6) is 0 Å². The summed E-state index contributed by atoms with van der Waals surface area (Å²) >= 11 is 3.81. The van der Waals surface area contributed by atoms with E-state index < -0.39 is 8.32 Å². The largest absolute Gasteiger partial charge is 0.400 e. The number of hydrogen-bond donors (Lipinski definition) is 0. The third-order valence-electron chi connectivity index (χ3n) is 6.17. The molecule has 3 aromatic carbocycles. The molecule has 4 rings (SSSR count). The number of nitrogens with zero attached hydrogens (tertiary/aromatic N) is 1. The lowest BCUT2D eigenvalue weighted by molar-refractivity contribution is 0.148. The molecule has 1 heterocycles. The first-order valence-corrected chi connectivity index (χ1v) is 14.0. The zero-order valence-corrected chi connectivity index (χ0v) is 21.8. The van der Waals surface area contributed by atoms with Gasteiger partial charge in [0.05, 0.1) is 6.10 Å². The van der Waals surface area contributed by atoms with Crippen LogP contribution in [0.3, 0.4) is 0 Å². The molecular weight excluding hydrogens is 474 g/mol. The second kappa shape index (κ2) is 9.88. The van der Waals surface area contributed by atoms with Crippen LogP contribution >= 0.6 is 15.9 Å². The molecule has 2 nitrogen and oxygen atoms in total. The highest BCUT2D eigenvalue weighted by Crippen LogP contribution is 2.38. The van der Waals surface area contributed by atoms with Gasteiger partial charge in [0.15, 0.2) is 0 Å². The van der Waals surface area contributed by atoms with E-state index in [-0.39, 0.29) is 11.1 Å². The number of benzene rings is 3. The van der Waals surface area contributed by atoms with Crippen molar-refractivity contribution in [1.82, 2.24) is 4.90 Å². The lowest BCUT2D eigenvalue weighted by Gasteiger charge is -2.46. The first kappa shape index (κ1) is 23.2. The third kappa shape index (κ3) is 4.99. The lowest BCUT2D eigenvalue weighted by atomic mass is 10.1. The van der Waals surface area contributed by atoms with Gasteiger partial charge in [-0.1, -0.05) is 128 Å². The van der Waals surface area contributed by atoms with Crippen molar-refractivity contribution in [1.29, 1.82) is 0 Å². The smallest absolute Gasteiger partial charge is 0.261 e. The van der Waals surface area contributed by atoms with Crippen molar-refractivity contribution in [3.8, 4) is 0 Å². The zero-order valence-electron chi connectivity index (χ0n) is 19.2. The maximum absolute atomic E-state index is 7.34. The summed E-state index contributed by atoms with van der Waals surface area (Å²) in [6.07, 6.45) is 2.30. The van der Waals surface area contributed by atoms with Gasteiger partial charge in [-0.2, -0.15) is 0 Å². The van der Waals surface area contributed by atoms with Crippen molar-refractivity contribution < 1.29 is 4.43 Å². The summed E-state index contributed by atoms with van der Waals surface area (Å²) in [6, 6.07) is 32.5. The van der Waals surface area contributed by atoms with E-state index in [1.54, 1.807) is 0 Å².